The zero-order valence-electron chi connectivity index (χ0n) is 27.0. The smallest absolute Gasteiger partial charge is 0.234 e. The van der Waals surface area contributed by atoms with E-state index in [0.29, 0.717) is 34.2 Å². The lowest BCUT2D eigenvalue weighted by atomic mass is 9.97. The second-order valence-corrected chi connectivity index (χ2v) is 11.8. The predicted molar refractivity (Wildman–Crippen MR) is 200 cm³/mol. The molecular formula is C45H30N4O. The van der Waals surface area contributed by atoms with Gasteiger partial charge < -0.3 is 0 Å². The average Bonchev–Trinajstić information content (AvgIpc) is 3.21. The Labute approximate surface area is 290 Å². The average molecular weight is 643 g/mol. The Bertz CT molecular complexity index is 2230. The number of rotatable bonds is 8. The summed E-state index contributed by atoms with van der Waals surface area (Å²) in [5.41, 5.74) is 9.01. The lowest BCUT2D eigenvalue weighted by Gasteiger charge is -2.18. The number of aromatic nitrogens is 4. The van der Waals surface area contributed by atoms with E-state index in [1.54, 1.807) is 0 Å². The van der Waals surface area contributed by atoms with Gasteiger partial charge in [-0.25, -0.2) is 19.9 Å². The molecule has 0 radical (unpaired) electrons. The molecule has 2 aromatic heterocycles. The first-order valence-corrected chi connectivity index (χ1v) is 16.5. The second-order valence-electron chi connectivity index (χ2n) is 11.8. The van der Waals surface area contributed by atoms with Crippen LogP contribution >= 0.6 is 0 Å². The number of hydrogen-bond donors (Lipinski definition) is 0. The van der Waals surface area contributed by atoms with Gasteiger partial charge in [0.15, 0.2) is 0 Å². The van der Waals surface area contributed by atoms with Crippen LogP contribution in [-0.4, -0.2) is 25.7 Å². The maximum atomic E-state index is 15.3. The van der Waals surface area contributed by atoms with Crippen LogP contribution in [0.3, 0.4) is 0 Å². The van der Waals surface area contributed by atoms with Gasteiger partial charge >= 0.3 is 0 Å². The Kier molecular flexibility index (Phi) is 8.36. The Morgan fingerprint density at radius 2 is 0.460 bits per heavy atom. The fraction of sp³-hybridized carbons (Fsp3) is 0. The fourth-order valence-electron chi connectivity index (χ4n) is 6.08. The summed E-state index contributed by atoms with van der Waals surface area (Å²) < 4.78 is 0. The third-order valence-corrected chi connectivity index (χ3v) is 8.51. The summed E-state index contributed by atoms with van der Waals surface area (Å²) in [4.78, 5) is 36.2. The maximum absolute atomic E-state index is 15.3. The number of carbonyl (C=O) groups excluding carboxylic acids is 1. The highest BCUT2D eigenvalue weighted by Crippen LogP contribution is 2.37. The first kappa shape index (κ1) is 30.5. The number of hydrogen-bond acceptors (Lipinski definition) is 5. The fourth-order valence-corrected chi connectivity index (χ4v) is 6.08. The molecule has 0 saturated carbocycles. The highest BCUT2D eigenvalue weighted by molar-refractivity contribution is 6.14. The van der Waals surface area contributed by atoms with E-state index < -0.39 is 0 Å². The van der Waals surface area contributed by atoms with Crippen LogP contribution in [0.2, 0.25) is 0 Å². The molecule has 0 spiro atoms. The van der Waals surface area contributed by atoms with Crippen LogP contribution in [0.1, 0.15) is 16.2 Å². The third kappa shape index (κ3) is 6.00. The van der Waals surface area contributed by atoms with E-state index in [9.17, 15) is 0 Å². The van der Waals surface area contributed by atoms with Gasteiger partial charge in [0.2, 0.25) is 5.78 Å². The van der Waals surface area contributed by atoms with Crippen molar-refractivity contribution in [1.29, 1.82) is 0 Å². The summed E-state index contributed by atoms with van der Waals surface area (Å²) in [5.74, 6) is -0.365. The van der Waals surface area contributed by atoms with Gasteiger partial charge in [0.1, 0.15) is 22.8 Å². The molecule has 2 heterocycles. The van der Waals surface area contributed by atoms with Crippen molar-refractivity contribution in [3.05, 3.63) is 193 Å². The van der Waals surface area contributed by atoms with Crippen molar-refractivity contribution >= 4 is 5.78 Å². The number of benzene rings is 6. The molecule has 0 aliphatic carbocycles. The standard InChI is InChI=1S/C45H30N4O/c50-45(43-41(35-27-15-5-16-28-35)46-37(31-19-7-1-8-20-31)39(48-43)33-23-11-3-12-24-33)44-42(36-29-17-6-18-30-36)47-38(32-21-9-2-10-22-32)40(49-44)34-25-13-4-14-26-34/h1-30H. The normalized spacial score (nSPS) is 10.9. The van der Waals surface area contributed by atoms with Crippen LogP contribution in [0.4, 0.5) is 0 Å². The van der Waals surface area contributed by atoms with Crippen molar-refractivity contribution in [3.8, 4) is 67.5 Å². The molecule has 8 rings (SSSR count). The zero-order chi connectivity index (χ0) is 33.7. The minimum absolute atomic E-state index is 0.202. The summed E-state index contributed by atoms with van der Waals surface area (Å²) in [5, 5.41) is 0. The largest absolute Gasteiger partial charge is 0.285 e. The molecule has 0 fully saturated rings. The van der Waals surface area contributed by atoms with Crippen molar-refractivity contribution in [2.45, 2.75) is 0 Å². The van der Waals surface area contributed by atoms with Crippen molar-refractivity contribution in [3.63, 3.8) is 0 Å². The summed E-state index contributed by atoms with van der Waals surface area (Å²) >= 11 is 0. The highest BCUT2D eigenvalue weighted by Gasteiger charge is 2.29. The van der Waals surface area contributed by atoms with Crippen molar-refractivity contribution < 1.29 is 4.79 Å². The third-order valence-electron chi connectivity index (χ3n) is 8.51. The lowest BCUT2D eigenvalue weighted by molar-refractivity contribution is 0.103. The molecule has 0 atom stereocenters. The Morgan fingerprint density at radius 3 is 0.700 bits per heavy atom. The summed E-state index contributed by atoms with van der Waals surface area (Å²) in [6.45, 7) is 0. The second kappa shape index (κ2) is 13.7. The molecule has 0 N–H and O–H groups in total. The van der Waals surface area contributed by atoms with E-state index in [1.807, 2.05) is 182 Å². The van der Waals surface area contributed by atoms with Gasteiger partial charge in [-0.1, -0.05) is 182 Å². The van der Waals surface area contributed by atoms with Gasteiger partial charge in [0.25, 0.3) is 0 Å². The van der Waals surface area contributed by atoms with Gasteiger partial charge in [-0.15, -0.1) is 0 Å². The van der Waals surface area contributed by atoms with Crippen molar-refractivity contribution in [2.75, 3.05) is 0 Å². The first-order chi connectivity index (χ1) is 24.7. The molecule has 0 amide bonds. The van der Waals surface area contributed by atoms with Crippen LogP contribution in [-0.2, 0) is 0 Å². The molecule has 0 bridgehead atoms. The molecule has 8 aromatic rings. The molecule has 0 unspecified atom stereocenters. The Hall–Kier alpha value is -6.85. The van der Waals surface area contributed by atoms with E-state index in [4.69, 9.17) is 19.9 Å². The molecule has 5 nitrogen and oxygen atoms in total. The van der Waals surface area contributed by atoms with Gasteiger partial charge in [0.05, 0.1) is 22.8 Å². The number of carbonyl (C=O) groups is 1. The van der Waals surface area contributed by atoms with Gasteiger partial charge in [-0.3, -0.25) is 4.79 Å². The Morgan fingerprint density at radius 1 is 0.260 bits per heavy atom. The van der Waals surface area contributed by atoms with Crippen LogP contribution in [0.25, 0.3) is 67.5 Å². The Balaban J connectivity index is 1.44. The topological polar surface area (TPSA) is 68.6 Å². The monoisotopic (exact) mass is 642 g/mol. The SMILES string of the molecule is O=C(c1nc(-c2ccccc2)c(-c2ccccc2)nc1-c1ccccc1)c1nc(-c2ccccc2)c(-c2ccccc2)nc1-c1ccccc1. The molecule has 50 heavy (non-hydrogen) atoms. The van der Waals surface area contributed by atoms with Gasteiger partial charge in [-0.05, 0) is 0 Å². The van der Waals surface area contributed by atoms with E-state index in [-0.39, 0.29) is 17.2 Å². The summed E-state index contributed by atoms with van der Waals surface area (Å²) in [7, 11) is 0. The lowest BCUT2D eigenvalue weighted by Crippen LogP contribution is -2.15. The van der Waals surface area contributed by atoms with E-state index in [0.717, 1.165) is 33.4 Å². The van der Waals surface area contributed by atoms with Crippen LogP contribution < -0.4 is 0 Å². The summed E-state index contributed by atoms with van der Waals surface area (Å²) in [6.07, 6.45) is 0. The quantitative estimate of drug-likeness (QED) is 0.154. The maximum Gasteiger partial charge on any atom is 0.234 e. The molecule has 6 aromatic carbocycles. The minimum Gasteiger partial charge on any atom is -0.285 e. The summed E-state index contributed by atoms with van der Waals surface area (Å²) in [6, 6.07) is 59.1. The van der Waals surface area contributed by atoms with E-state index >= 15 is 4.79 Å². The van der Waals surface area contributed by atoms with E-state index in [1.165, 1.54) is 0 Å². The molecule has 0 aliphatic heterocycles. The van der Waals surface area contributed by atoms with Gasteiger partial charge in [0, 0.05) is 33.4 Å². The van der Waals surface area contributed by atoms with E-state index in [2.05, 4.69) is 0 Å². The van der Waals surface area contributed by atoms with Crippen LogP contribution in [0, 0.1) is 0 Å². The predicted octanol–water partition coefficient (Wildman–Crippen LogP) is 10.5. The van der Waals surface area contributed by atoms with Gasteiger partial charge in [-0.2, -0.15) is 0 Å². The van der Waals surface area contributed by atoms with Crippen LogP contribution in [0.5, 0.6) is 0 Å². The molecule has 236 valence electrons. The highest BCUT2D eigenvalue weighted by atomic mass is 16.1. The molecule has 5 heteroatoms. The number of nitrogens with zero attached hydrogens (tertiary/aromatic N) is 4. The van der Waals surface area contributed by atoms with Crippen molar-refractivity contribution in [2.24, 2.45) is 0 Å². The first-order valence-electron chi connectivity index (χ1n) is 16.5. The zero-order valence-corrected chi connectivity index (χ0v) is 27.0. The number of ketones is 1. The minimum atomic E-state index is -0.365. The molecule has 0 saturated heterocycles. The van der Waals surface area contributed by atoms with Crippen molar-refractivity contribution in [1.82, 2.24) is 19.9 Å². The van der Waals surface area contributed by atoms with Crippen LogP contribution in [0.15, 0.2) is 182 Å². The molecule has 0 aliphatic rings. The molecular weight excluding hydrogens is 613 g/mol.